The summed E-state index contributed by atoms with van der Waals surface area (Å²) in [5.74, 6) is 1.55. The van der Waals surface area contributed by atoms with E-state index in [2.05, 4.69) is 71.8 Å². The molecule has 0 aliphatic heterocycles. The summed E-state index contributed by atoms with van der Waals surface area (Å²) >= 11 is 4.50. The van der Waals surface area contributed by atoms with Crippen molar-refractivity contribution in [3.63, 3.8) is 0 Å². The van der Waals surface area contributed by atoms with Crippen molar-refractivity contribution >= 4 is 23.5 Å². The van der Waals surface area contributed by atoms with E-state index in [4.69, 9.17) is 4.74 Å². The fourth-order valence-electron chi connectivity index (χ4n) is 2.92. The third kappa shape index (κ3) is 3.37. The van der Waals surface area contributed by atoms with Gasteiger partial charge in [0.1, 0.15) is 5.75 Å². The summed E-state index contributed by atoms with van der Waals surface area (Å²) in [5, 5.41) is 1.19. The van der Waals surface area contributed by atoms with Gasteiger partial charge >= 0.3 is 5.88 Å². The molecule has 0 saturated carbocycles. The number of aromatic nitrogens is 1. The zero-order valence-corrected chi connectivity index (χ0v) is 14.6. The van der Waals surface area contributed by atoms with Gasteiger partial charge in [0.25, 0.3) is 0 Å². The van der Waals surface area contributed by atoms with Crippen molar-refractivity contribution in [3.8, 4) is 11.6 Å². The van der Waals surface area contributed by atoms with Crippen LogP contribution in [0.4, 0.5) is 0 Å². The number of nitrogens with zero attached hydrogens (tertiary/aromatic N) is 1. The van der Waals surface area contributed by atoms with Crippen LogP contribution in [-0.4, -0.2) is 0 Å². The molecule has 1 heterocycles. The van der Waals surface area contributed by atoms with Gasteiger partial charge in [-0.25, -0.2) is 0 Å². The molecule has 25 heavy (non-hydrogen) atoms. The van der Waals surface area contributed by atoms with Gasteiger partial charge in [-0.1, -0.05) is 54.6 Å². The Hall–Kier alpha value is -2.78. The minimum Gasteiger partial charge on any atom is -0.404 e. The third-order valence-corrected chi connectivity index (χ3v) is 4.53. The van der Waals surface area contributed by atoms with E-state index in [-0.39, 0.29) is 0 Å². The quantitative estimate of drug-likeness (QED) is 0.394. The lowest BCUT2D eigenvalue weighted by Crippen LogP contribution is -2.36. The average molecular weight is 344 g/mol. The van der Waals surface area contributed by atoms with Crippen LogP contribution in [0.15, 0.2) is 95.9 Å². The van der Waals surface area contributed by atoms with E-state index < -0.39 is 0 Å². The molecule has 3 aromatic carbocycles. The fourth-order valence-corrected chi connectivity index (χ4v) is 3.12. The molecule has 3 heteroatoms. The predicted octanol–water partition coefficient (Wildman–Crippen LogP) is 5.26. The molecule has 0 amide bonds. The van der Waals surface area contributed by atoms with Gasteiger partial charge in [-0.3, -0.25) is 0 Å². The molecule has 0 atom stereocenters. The topological polar surface area (TPSA) is 13.1 Å². The minimum absolute atomic E-state index is 0.742. The third-order valence-electron chi connectivity index (χ3n) is 4.16. The average Bonchev–Trinajstić information content (AvgIpc) is 2.66. The Labute approximate surface area is 152 Å². The number of hydrogen-bond donors (Lipinski definition) is 1. The van der Waals surface area contributed by atoms with Crippen molar-refractivity contribution < 1.29 is 9.30 Å². The molecule has 0 saturated heterocycles. The normalized spacial score (nSPS) is 10.8. The first kappa shape index (κ1) is 15.7. The van der Waals surface area contributed by atoms with E-state index in [1.165, 1.54) is 10.9 Å². The lowest BCUT2D eigenvalue weighted by atomic mass is 10.2. The smallest absolute Gasteiger partial charge is 0.374 e. The molecule has 0 aliphatic rings. The second kappa shape index (κ2) is 6.99. The Morgan fingerprint density at radius 2 is 1.44 bits per heavy atom. The van der Waals surface area contributed by atoms with Crippen molar-refractivity contribution in [2.75, 3.05) is 0 Å². The van der Waals surface area contributed by atoms with Crippen LogP contribution in [0.3, 0.4) is 0 Å². The van der Waals surface area contributed by atoms with Crippen LogP contribution in [0.2, 0.25) is 0 Å². The second-order valence-corrected chi connectivity index (χ2v) is 6.35. The molecule has 4 rings (SSSR count). The highest BCUT2D eigenvalue weighted by Gasteiger charge is 2.18. The van der Waals surface area contributed by atoms with E-state index in [9.17, 15) is 0 Å². The summed E-state index contributed by atoms with van der Waals surface area (Å²) in [6.07, 6.45) is 0. The highest BCUT2D eigenvalue weighted by atomic mass is 32.1. The predicted molar refractivity (Wildman–Crippen MR) is 103 cm³/mol. The number of fused-ring (bicyclic) bond motifs is 1. The first-order chi connectivity index (χ1) is 12.3. The molecule has 2 nitrogen and oxygen atoms in total. The van der Waals surface area contributed by atoms with Gasteiger partial charge in [-0.15, -0.1) is 12.6 Å². The molecule has 1 aromatic heterocycles. The number of para-hydroxylation sites is 2. The molecule has 0 aliphatic carbocycles. The zero-order chi connectivity index (χ0) is 17.1. The van der Waals surface area contributed by atoms with Crippen LogP contribution < -0.4 is 9.30 Å². The lowest BCUT2D eigenvalue weighted by molar-refractivity contribution is -0.666. The van der Waals surface area contributed by atoms with Gasteiger partial charge in [-0.2, -0.15) is 4.57 Å². The largest absolute Gasteiger partial charge is 0.404 e. The van der Waals surface area contributed by atoms with Crippen molar-refractivity contribution in [1.29, 1.82) is 0 Å². The highest BCUT2D eigenvalue weighted by molar-refractivity contribution is 7.80. The van der Waals surface area contributed by atoms with Crippen molar-refractivity contribution in [2.45, 2.75) is 11.4 Å². The number of ether oxygens (including phenoxy) is 1. The molecule has 4 aromatic rings. The zero-order valence-electron chi connectivity index (χ0n) is 13.7. The Morgan fingerprint density at radius 1 is 0.720 bits per heavy atom. The van der Waals surface area contributed by atoms with E-state index in [1.807, 2.05) is 36.4 Å². The van der Waals surface area contributed by atoms with E-state index in [0.29, 0.717) is 0 Å². The number of benzene rings is 3. The molecular formula is C22H18NOS+. The Balaban J connectivity index is 1.83. The molecule has 0 fully saturated rings. The summed E-state index contributed by atoms with van der Waals surface area (Å²) in [6.45, 7) is 0.742. The molecule has 0 spiro atoms. The van der Waals surface area contributed by atoms with Crippen LogP contribution in [0.25, 0.3) is 10.9 Å². The maximum absolute atomic E-state index is 6.21. The van der Waals surface area contributed by atoms with Gasteiger partial charge in [0.2, 0.25) is 5.52 Å². The summed E-state index contributed by atoms with van der Waals surface area (Å²) in [6, 6.07) is 30.6. The summed E-state index contributed by atoms with van der Waals surface area (Å²) in [7, 11) is 0. The lowest BCUT2D eigenvalue weighted by Gasteiger charge is -2.10. The van der Waals surface area contributed by atoms with Crippen molar-refractivity contribution in [2.24, 2.45) is 0 Å². The molecule has 0 bridgehead atoms. The molecular weight excluding hydrogens is 326 g/mol. The van der Waals surface area contributed by atoms with Crippen LogP contribution in [-0.2, 0) is 6.54 Å². The maximum atomic E-state index is 6.21. The van der Waals surface area contributed by atoms with E-state index >= 15 is 0 Å². The second-order valence-electron chi connectivity index (χ2n) is 5.87. The van der Waals surface area contributed by atoms with Crippen molar-refractivity contribution in [3.05, 3.63) is 96.6 Å². The van der Waals surface area contributed by atoms with E-state index in [1.54, 1.807) is 0 Å². The summed E-state index contributed by atoms with van der Waals surface area (Å²) < 4.78 is 8.41. The minimum atomic E-state index is 0.742. The van der Waals surface area contributed by atoms with Gasteiger partial charge in [-0.05, 0) is 24.3 Å². The SMILES string of the molecule is Sc1ccccc1Oc1ccc2ccccc2[n+]1Cc1ccccc1. The standard InChI is InChI=1S/C22H17NOS/c25-21-13-7-6-12-20(21)24-22-15-14-18-10-4-5-11-19(18)23(22)16-17-8-2-1-3-9-17/h1-15H,16H2/p+1. The van der Waals surface area contributed by atoms with Crippen LogP contribution in [0, 0.1) is 0 Å². The van der Waals surface area contributed by atoms with Gasteiger partial charge in [0.15, 0.2) is 6.54 Å². The first-order valence-corrected chi connectivity index (χ1v) is 8.67. The van der Waals surface area contributed by atoms with Gasteiger partial charge < -0.3 is 4.74 Å². The van der Waals surface area contributed by atoms with E-state index in [0.717, 1.165) is 28.6 Å². The fraction of sp³-hybridized carbons (Fsp3) is 0.0455. The number of hydrogen-bond acceptors (Lipinski definition) is 2. The van der Waals surface area contributed by atoms with Crippen LogP contribution in [0.1, 0.15) is 5.56 Å². The molecule has 122 valence electrons. The van der Waals surface area contributed by atoms with Crippen LogP contribution >= 0.6 is 12.6 Å². The van der Waals surface area contributed by atoms with Crippen molar-refractivity contribution in [1.82, 2.24) is 0 Å². The summed E-state index contributed by atoms with van der Waals surface area (Å²) in [5.41, 5.74) is 2.37. The maximum Gasteiger partial charge on any atom is 0.374 e. The molecule has 0 unspecified atom stereocenters. The summed E-state index contributed by atoms with van der Waals surface area (Å²) in [4.78, 5) is 0.821. The molecule has 0 N–H and O–H groups in total. The number of rotatable bonds is 4. The number of thiol groups is 1. The monoisotopic (exact) mass is 344 g/mol. The Morgan fingerprint density at radius 3 is 2.28 bits per heavy atom. The highest BCUT2D eigenvalue weighted by Crippen LogP contribution is 2.27. The Bertz CT molecular complexity index is 1010. The Kier molecular flexibility index (Phi) is 4.40. The molecule has 0 radical (unpaired) electrons. The number of pyridine rings is 1. The first-order valence-electron chi connectivity index (χ1n) is 8.22. The van der Waals surface area contributed by atoms with Gasteiger partial charge in [0, 0.05) is 21.9 Å². The van der Waals surface area contributed by atoms with Gasteiger partial charge in [0.05, 0.1) is 6.07 Å². The van der Waals surface area contributed by atoms with Crippen LogP contribution in [0.5, 0.6) is 11.6 Å².